The predicted octanol–water partition coefficient (Wildman–Crippen LogP) is 4.77. The average molecular weight is 629 g/mol. The van der Waals surface area contributed by atoms with E-state index in [1.165, 1.54) is 0 Å². The maximum Gasteiger partial charge on any atom is 0.287 e. The Hall–Kier alpha value is -3.69. The summed E-state index contributed by atoms with van der Waals surface area (Å²) in [4.78, 5) is 43.7. The van der Waals surface area contributed by atoms with Gasteiger partial charge in [0.15, 0.2) is 5.76 Å². The normalized spacial score (nSPS) is 19.9. The Labute approximate surface area is 271 Å². The molecule has 3 fully saturated rings. The van der Waals surface area contributed by atoms with Gasteiger partial charge in [0.05, 0.1) is 0 Å². The smallest absolute Gasteiger partial charge is 0.287 e. The highest BCUT2D eigenvalue weighted by molar-refractivity contribution is 6.01. The summed E-state index contributed by atoms with van der Waals surface area (Å²) in [6, 6.07) is 16.5. The minimum absolute atomic E-state index is 0.178. The minimum Gasteiger partial charge on any atom is -0.451 e. The number of hydrogen-bond acceptors (Lipinski definition) is 6. The van der Waals surface area contributed by atoms with Crippen LogP contribution in [-0.2, 0) is 20.7 Å². The first-order valence-electron chi connectivity index (χ1n) is 17.1. The molecule has 0 spiro atoms. The number of nitrogens with one attached hydrogen (secondary N) is 3. The van der Waals surface area contributed by atoms with Crippen molar-refractivity contribution in [1.29, 1.82) is 0 Å². The Morgan fingerprint density at radius 3 is 2.41 bits per heavy atom. The van der Waals surface area contributed by atoms with Gasteiger partial charge in [-0.2, -0.15) is 0 Å². The number of benzene rings is 2. The van der Waals surface area contributed by atoms with Crippen LogP contribution in [0.4, 0.5) is 0 Å². The third-order valence-electron chi connectivity index (χ3n) is 10.2. The summed E-state index contributed by atoms with van der Waals surface area (Å²) in [6.45, 7) is 7.58. The number of ether oxygens (including phenoxy) is 1. The fraction of sp³-hybridized carbons (Fsp3) is 0.541. The number of nitrogens with zero attached hydrogens (tertiary/aromatic N) is 1. The van der Waals surface area contributed by atoms with Crippen LogP contribution in [0.2, 0.25) is 0 Å². The molecule has 3 heterocycles. The zero-order valence-electron chi connectivity index (χ0n) is 27.0. The second-order valence-electron chi connectivity index (χ2n) is 13.7. The van der Waals surface area contributed by atoms with Crippen LogP contribution in [0.3, 0.4) is 0 Å². The van der Waals surface area contributed by atoms with E-state index in [1.54, 1.807) is 6.07 Å². The number of rotatable bonds is 11. The Morgan fingerprint density at radius 1 is 0.935 bits per heavy atom. The molecule has 1 saturated carbocycles. The lowest BCUT2D eigenvalue weighted by atomic mass is 9.93. The van der Waals surface area contributed by atoms with Gasteiger partial charge in [-0.25, -0.2) is 0 Å². The number of likely N-dealkylation sites (tertiary alicyclic amines) is 1. The summed E-state index contributed by atoms with van der Waals surface area (Å²) in [5, 5.41) is 10.1. The summed E-state index contributed by atoms with van der Waals surface area (Å²) in [5.74, 6) is 0.395. The van der Waals surface area contributed by atoms with Gasteiger partial charge in [-0.05, 0) is 94.1 Å². The van der Waals surface area contributed by atoms with E-state index in [-0.39, 0.29) is 17.6 Å². The Bertz CT molecular complexity index is 1480. The number of furan rings is 1. The van der Waals surface area contributed by atoms with Gasteiger partial charge >= 0.3 is 0 Å². The topological polar surface area (TPSA) is 113 Å². The molecule has 0 bridgehead atoms. The fourth-order valence-electron chi connectivity index (χ4n) is 7.33. The van der Waals surface area contributed by atoms with Crippen molar-refractivity contribution in [2.45, 2.75) is 76.3 Å². The number of amides is 3. The Balaban J connectivity index is 1.08. The molecule has 2 aromatic carbocycles. The molecular weight excluding hydrogens is 580 g/mol. The number of carbonyl (C=O) groups is 3. The van der Waals surface area contributed by atoms with Crippen LogP contribution in [0.5, 0.6) is 0 Å². The molecule has 9 heteroatoms. The quantitative estimate of drug-likeness (QED) is 0.282. The van der Waals surface area contributed by atoms with Crippen molar-refractivity contribution in [2.24, 2.45) is 11.8 Å². The SMILES string of the molecule is Cc1ccc2oc(C(=O)NC3(C(=O)N[C@H](Cc4ccccc4)C(=O)NCC4CCN(CC5CCOCC5)CC4)CCCC3)cc2c1. The molecule has 0 unspecified atom stereocenters. The second-order valence-corrected chi connectivity index (χ2v) is 13.7. The van der Waals surface area contributed by atoms with Crippen LogP contribution in [0.25, 0.3) is 11.0 Å². The lowest BCUT2D eigenvalue weighted by Gasteiger charge is -2.35. The third kappa shape index (κ3) is 7.99. The van der Waals surface area contributed by atoms with E-state index >= 15 is 0 Å². The summed E-state index contributed by atoms with van der Waals surface area (Å²) in [7, 11) is 0. The van der Waals surface area contributed by atoms with Crippen LogP contribution in [-0.4, -0.2) is 73.6 Å². The molecular formula is C37H48N4O5. The Kier molecular flexibility index (Phi) is 10.4. The molecule has 246 valence electrons. The van der Waals surface area contributed by atoms with E-state index in [2.05, 4.69) is 20.9 Å². The monoisotopic (exact) mass is 628 g/mol. The lowest BCUT2D eigenvalue weighted by molar-refractivity contribution is -0.132. The highest BCUT2D eigenvalue weighted by Crippen LogP contribution is 2.31. The van der Waals surface area contributed by atoms with E-state index < -0.39 is 17.5 Å². The van der Waals surface area contributed by atoms with E-state index in [0.29, 0.717) is 37.3 Å². The maximum absolute atomic E-state index is 14.0. The van der Waals surface area contributed by atoms with Gasteiger partial charge in [0, 0.05) is 38.1 Å². The van der Waals surface area contributed by atoms with Crippen LogP contribution >= 0.6 is 0 Å². The van der Waals surface area contributed by atoms with Crippen molar-refractivity contribution < 1.29 is 23.5 Å². The molecule has 3 aromatic rings. The first kappa shape index (κ1) is 32.3. The van der Waals surface area contributed by atoms with Crippen molar-refractivity contribution >= 4 is 28.7 Å². The predicted molar refractivity (Wildman–Crippen MR) is 177 cm³/mol. The number of piperidine rings is 1. The zero-order valence-corrected chi connectivity index (χ0v) is 27.0. The average Bonchev–Trinajstić information content (AvgIpc) is 3.73. The van der Waals surface area contributed by atoms with Gasteiger partial charge in [0.2, 0.25) is 11.8 Å². The van der Waals surface area contributed by atoms with Crippen molar-refractivity contribution in [2.75, 3.05) is 39.4 Å². The number of hydrogen-bond donors (Lipinski definition) is 3. The molecule has 2 saturated heterocycles. The van der Waals surface area contributed by atoms with Gasteiger partial charge in [-0.3, -0.25) is 14.4 Å². The van der Waals surface area contributed by atoms with Crippen molar-refractivity contribution in [3.63, 3.8) is 0 Å². The van der Waals surface area contributed by atoms with Gasteiger partial charge in [-0.15, -0.1) is 0 Å². The van der Waals surface area contributed by atoms with Crippen molar-refractivity contribution in [3.8, 4) is 0 Å². The lowest BCUT2D eigenvalue weighted by Crippen LogP contribution is -2.61. The molecule has 1 aliphatic carbocycles. The van der Waals surface area contributed by atoms with Gasteiger partial charge in [0.1, 0.15) is 17.2 Å². The van der Waals surface area contributed by atoms with Crippen LogP contribution in [0, 0.1) is 18.8 Å². The second kappa shape index (κ2) is 14.8. The van der Waals surface area contributed by atoms with E-state index in [4.69, 9.17) is 9.15 Å². The number of aryl methyl sites for hydroxylation is 1. The van der Waals surface area contributed by atoms with Gasteiger partial charge in [0.25, 0.3) is 5.91 Å². The summed E-state index contributed by atoms with van der Waals surface area (Å²) < 4.78 is 11.4. The molecule has 3 amide bonds. The van der Waals surface area contributed by atoms with Gasteiger partial charge in [-0.1, -0.05) is 54.8 Å². The zero-order chi connectivity index (χ0) is 31.9. The minimum atomic E-state index is -1.10. The molecule has 2 aliphatic heterocycles. The molecule has 1 aromatic heterocycles. The highest BCUT2D eigenvalue weighted by atomic mass is 16.5. The van der Waals surface area contributed by atoms with Gasteiger partial charge < -0.3 is 30.0 Å². The maximum atomic E-state index is 14.0. The third-order valence-corrected chi connectivity index (χ3v) is 10.2. The first-order valence-corrected chi connectivity index (χ1v) is 17.1. The van der Waals surface area contributed by atoms with E-state index in [9.17, 15) is 14.4 Å². The molecule has 3 N–H and O–H groups in total. The molecule has 9 nitrogen and oxygen atoms in total. The summed E-state index contributed by atoms with van der Waals surface area (Å²) >= 11 is 0. The van der Waals surface area contributed by atoms with E-state index in [1.807, 2.05) is 55.5 Å². The summed E-state index contributed by atoms with van der Waals surface area (Å²) in [6.07, 6.45) is 7.42. The molecule has 6 rings (SSSR count). The molecule has 0 radical (unpaired) electrons. The van der Waals surface area contributed by atoms with Crippen molar-refractivity contribution in [3.05, 3.63) is 71.5 Å². The number of carbonyl (C=O) groups excluding carboxylic acids is 3. The largest absolute Gasteiger partial charge is 0.451 e. The van der Waals surface area contributed by atoms with Crippen LogP contribution < -0.4 is 16.0 Å². The van der Waals surface area contributed by atoms with E-state index in [0.717, 1.165) is 93.8 Å². The standard InChI is InChI=1S/C37H48N4O5/c1-26-9-10-32-30(21-26)23-33(46-32)35(43)40-37(15-5-6-16-37)36(44)39-31(22-27-7-3-2-4-8-27)34(42)38-24-28-11-17-41(18-12-28)25-29-13-19-45-20-14-29/h2-4,7-10,21,23,28-29,31H,5-6,11-20,22,24-25H2,1H3,(H,38,42)(H,39,44)(H,40,43)/t31-/m1/s1. The van der Waals surface area contributed by atoms with Crippen LogP contribution in [0.15, 0.2) is 59.0 Å². The summed E-state index contributed by atoms with van der Waals surface area (Å²) in [5.41, 5.74) is 1.57. The first-order chi connectivity index (χ1) is 22.4. The molecule has 46 heavy (non-hydrogen) atoms. The van der Waals surface area contributed by atoms with Crippen LogP contribution in [0.1, 0.15) is 73.0 Å². The number of fused-ring (bicyclic) bond motifs is 1. The molecule has 3 aliphatic rings. The fourth-order valence-corrected chi connectivity index (χ4v) is 7.33. The van der Waals surface area contributed by atoms with Crippen molar-refractivity contribution in [1.82, 2.24) is 20.9 Å². The Morgan fingerprint density at radius 2 is 1.67 bits per heavy atom. The molecule has 1 atom stereocenters. The highest BCUT2D eigenvalue weighted by Gasteiger charge is 2.44.